The summed E-state index contributed by atoms with van der Waals surface area (Å²) in [5.74, 6) is -4.15. The van der Waals surface area contributed by atoms with Crippen molar-refractivity contribution in [3.05, 3.63) is 41.5 Å². The van der Waals surface area contributed by atoms with Gasteiger partial charge in [0.05, 0.1) is 18.4 Å². The molecule has 2 aliphatic carbocycles. The van der Waals surface area contributed by atoms with Crippen molar-refractivity contribution in [1.82, 2.24) is 9.80 Å². The number of amides is 4. The summed E-state index contributed by atoms with van der Waals surface area (Å²) >= 11 is 14.4. The molecular weight excluding hydrogens is 519 g/mol. The molecule has 2 heterocycles. The maximum Gasteiger partial charge on any atom is 0.253 e. The summed E-state index contributed by atoms with van der Waals surface area (Å²) in [5.41, 5.74) is 0.533. The summed E-state index contributed by atoms with van der Waals surface area (Å²) in [7, 11) is 1.36. The van der Waals surface area contributed by atoms with Crippen LogP contribution in [0.5, 0.6) is 5.75 Å². The maximum atomic E-state index is 13.8. The van der Waals surface area contributed by atoms with Crippen molar-refractivity contribution in [2.24, 2.45) is 17.8 Å². The summed E-state index contributed by atoms with van der Waals surface area (Å²) in [6.07, 6.45) is 2.16. The third-order valence-corrected chi connectivity index (χ3v) is 9.68. The molecule has 1 saturated carbocycles. The third kappa shape index (κ3) is 3.38. The molecule has 0 bridgehead atoms. The van der Waals surface area contributed by atoms with Gasteiger partial charge in [0.15, 0.2) is 9.75 Å². The number of aliphatic hydroxyl groups is 1. The summed E-state index contributed by atoms with van der Waals surface area (Å²) < 4.78 is 5.80. The molecule has 6 atom stereocenters. The third-order valence-electron chi connectivity index (χ3n) is 8.26. The Morgan fingerprint density at radius 2 is 1.73 bits per heavy atom. The van der Waals surface area contributed by atoms with Gasteiger partial charge in [-0.05, 0) is 45.6 Å². The highest BCUT2D eigenvalue weighted by Gasteiger charge is 2.76. The molecular formula is C27H30Cl2N2O6. The minimum Gasteiger partial charge on any atom is -0.491 e. The van der Waals surface area contributed by atoms with Gasteiger partial charge in [-0.15, -0.1) is 23.2 Å². The molecule has 8 nitrogen and oxygen atoms in total. The second-order valence-electron chi connectivity index (χ2n) is 11.3. The first-order valence-electron chi connectivity index (χ1n) is 12.4. The van der Waals surface area contributed by atoms with E-state index in [2.05, 4.69) is 0 Å². The van der Waals surface area contributed by atoms with Gasteiger partial charge >= 0.3 is 0 Å². The van der Waals surface area contributed by atoms with Crippen molar-refractivity contribution in [1.29, 1.82) is 0 Å². The highest BCUT2D eigenvalue weighted by atomic mass is 35.5. The summed E-state index contributed by atoms with van der Waals surface area (Å²) in [4.78, 5) is 52.9. The topological polar surface area (TPSA) is 104 Å². The number of para-hydroxylation sites is 1. The molecule has 1 N–H and O–H groups in total. The molecule has 3 fully saturated rings. The molecule has 1 aromatic rings. The molecule has 5 rings (SSSR count). The number of allylic oxidation sites excluding steroid dienone is 2. The lowest BCUT2D eigenvalue weighted by Crippen LogP contribution is -2.60. The average molecular weight is 549 g/mol. The van der Waals surface area contributed by atoms with Crippen LogP contribution in [-0.4, -0.2) is 74.1 Å². The number of benzene rings is 1. The number of ether oxygens (including phenoxy) is 1. The SMILES string of the molecule is CN1C(=O)C2(Cl)CC3C(=CCC4C(=O)N(C(C)(C)C)C(=O)C43)C(c3ccccc3OCCO)C2(Cl)C1=O. The Labute approximate surface area is 225 Å². The molecule has 10 heteroatoms. The van der Waals surface area contributed by atoms with Crippen molar-refractivity contribution in [2.45, 2.75) is 54.8 Å². The van der Waals surface area contributed by atoms with Gasteiger partial charge in [-0.25, -0.2) is 0 Å². The van der Waals surface area contributed by atoms with Crippen molar-refractivity contribution < 1.29 is 29.0 Å². The van der Waals surface area contributed by atoms with Gasteiger partial charge in [-0.3, -0.25) is 29.0 Å². The first kappa shape index (κ1) is 26.2. The fourth-order valence-electron chi connectivity index (χ4n) is 6.76. The highest BCUT2D eigenvalue weighted by Crippen LogP contribution is 2.66. The lowest BCUT2D eigenvalue weighted by Gasteiger charge is -2.51. The number of carbonyl (C=O) groups is 4. The fourth-order valence-corrected chi connectivity index (χ4v) is 7.77. The number of hydrogen-bond donors (Lipinski definition) is 1. The Morgan fingerprint density at radius 1 is 1.05 bits per heavy atom. The largest absolute Gasteiger partial charge is 0.491 e. The minimum absolute atomic E-state index is 0.0124. The van der Waals surface area contributed by atoms with E-state index >= 15 is 0 Å². The second kappa shape index (κ2) is 8.55. The van der Waals surface area contributed by atoms with Crippen LogP contribution in [0.2, 0.25) is 0 Å². The van der Waals surface area contributed by atoms with Crippen molar-refractivity contribution in [2.75, 3.05) is 20.3 Å². The van der Waals surface area contributed by atoms with Crippen LogP contribution in [0.15, 0.2) is 35.9 Å². The van der Waals surface area contributed by atoms with Crippen LogP contribution in [0.3, 0.4) is 0 Å². The van der Waals surface area contributed by atoms with Gasteiger partial charge in [0.2, 0.25) is 11.8 Å². The van der Waals surface area contributed by atoms with Gasteiger partial charge in [0.25, 0.3) is 11.8 Å². The fraction of sp³-hybridized carbons (Fsp3) is 0.556. The van der Waals surface area contributed by atoms with Gasteiger partial charge < -0.3 is 9.84 Å². The van der Waals surface area contributed by atoms with Crippen LogP contribution in [0.4, 0.5) is 0 Å². The molecule has 6 unspecified atom stereocenters. The van der Waals surface area contributed by atoms with Crippen molar-refractivity contribution in [3.8, 4) is 5.75 Å². The predicted molar refractivity (Wildman–Crippen MR) is 136 cm³/mol. The number of hydrogen-bond acceptors (Lipinski definition) is 6. The van der Waals surface area contributed by atoms with E-state index in [9.17, 15) is 24.3 Å². The van der Waals surface area contributed by atoms with E-state index in [1.54, 1.807) is 24.3 Å². The van der Waals surface area contributed by atoms with E-state index in [1.165, 1.54) is 11.9 Å². The molecule has 2 saturated heterocycles. The smallest absolute Gasteiger partial charge is 0.253 e. The van der Waals surface area contributed by atoms with E-state index in [0.717, 1.165) is 4.90 Å². The van der Waals surface area contributed by atoms with E-state index in [1.807, 2.05) is 26.8 Å². The van der Waals surface area contributed by atoms with E-state index < -0.39 is 50.8 Å². The molecule has 0 spiro atoms. The van der Waals surface area contributed by atoms with Crippen LogP contribution >= 0.6 is 23.2 Å². The summed E-state index contributed by atoms with van der Waals surface area (Å²) in [5, 5.41) is 9.35. The number of alkyl halides is 2. The number of nitrogens with zero attached hydrogens (tertiary/aromatic N) is 2. The Hall–Kier alpha value is -2.42. The van der Waals surface area contributed by atoms with Gasteiger partial charge in [0, 0.05) is 24.1 Å². The highest BCUT2D eigenvalue weighted by molar-refractivity contribution is 6.53. The van der Waals surface area contributed by atoms with Gasteiger partial charge in [-0.2, -0.15) is 0 Å². The zero-order valence-corrected chi connectivity index (χ0v) is 22.7. The summed E-state index contributed by atoms with van der Waals surface area (Å²) in [6, 6.07) is 6.98. The summed E-state index contributed by atoms with van der Waals surface area (Å²) in [6.45, 7) is 5.23. The van der Waals surface area contributed by atoms with Crippen molar-refractivity contribution >= 4 is 46.8 Å². The Morgan fingerprint density at radius 3 is 2.38 bits per heavy atom. The number of imide groups is 2. The Bertz CT molecular complexity index is 1240. The molecule has 37 heavy (non-hydrogen) atoms. The standard InChI is InChI=1S/C27H30Cl2N2O6/c1-25(2,3)31-21(33)16-10-9-14-17(19(16)22(31)34)13-26(28)23(35)30(4)24(36)27(26,29)20(14)15-7-5-6-8-18(15)37-12-11-32/h5-9,16-17,19-20,32H,10-13H2,1-4H3. The number of halogens is 2. The van der Waals surface area contributed by atoms with Crippen LogP contribution in [0.25, 0.3) is 0 Å². The maximum absolute atomic E-state index is 13.8. The van der Waals surface area contributed by atoms with Gasteiger partial charge in [0.1, 0.15) is 12.4 Å². The average Bonchev–Trinajstić information content (AvgIpc) is 3.18. The number of likely N-dealkylation sites (tertiary alicyclic amines) is 2. The molecule has 0 radical (unpaired) electrons. The lowest BCUT2D eigenvalue weighted by molar-refractivity contribution is -0.146. The monoisotopic (exact) mass is 548 g/mol. The molecule has 1 aromatic carbocycles. The number of rotatable bonds is 4. The Balaban J connectivity index is 1.72. The van der Waals surface area contributed by atoms with Gasteiger partial charge in [-0.1, -0.05) is 29.8 Å². The number of fused-ring (bicyclic) bond motifs is 4. The van der Waals surface area contributed by atoms with E-state index in [0.29, 0.717) is 23.3 Å². The van der Waals surface area contributed by atoms with Crippen LogP contribution < -0.4 is 4.74 Å². The molecule has 4 aliphatic rings. The van der Waals surface area contributed by atoms with Crippen LogP contribution in [-0.2, 0) is 19.2 Å². The minimum atomic E-state index is -1.87. The second-order valence-corrected chi connectivity index (χ2v) is 12.5. The Kier molecular flexibility index (Phi) is 6.05. The number of carbonyl (C=O) groups excluding carboxylic acids is 4. The first-order valence-corrected chi connectivity index (χ1v) is 13.2. The first-order chi connectivity index (χ1) is 17.3. The zero-order valence-electron chi connectivity index (χ0n) is 21.2. The number of aliphatic hydroxyl groups excluding tert-OH is 1. The van der Waals surface area contributed by atoms with E-state index in [4.69, 9.17) is 27.9 Å². The predicted octanol–water partition coefficient (Wildman–Crippen LogP) is 2.84. The lowest BCUT2D eigenvalue weighted by atomic mass is 9.56. The molecule has 198 valence electrons. The normalized spacial score (nSPS) is 35.4. The van der Waals surface area contributed by atoms with Crippen molar-refractivity contribution in [3.63, 3.8) is 0 Å². The molecule has 2 aliphatic heterocycles. The van der Waals surface area contributed by atoms with E-state index in [-0.39, 0.29) is 31.4 Å². The molecule has 4 amide bonds. The zero-order chi connectivity index (χ0) is 27.1. The van der Waals surface area contributed by atoms with Crippen LogP contribution in [0.1, 0.15) is 45.1 Å². The molecule has 0 aromatic heterocycles. The quantitative estimate of drug-likeness (QED) is 0.352. The van der Waals surface area contributed by atoms with Crippen LogP contribution in [0, 0.1) is 17.8 Å².